The predicted octanol–water partition coefficient (Wildman–Crippen LogP) is 2.26. The normalized spacial score (nSPS) is 18.3. The van der Waals surface area contributed by atoms with Gasteiger partial charge in [0.05, 0.1) is 0 Å². The zero-order chi connectivity index (χ0) is 22.6. The van der Waals surface area contributed by atoms with E-state index in [9.17, 15) is 4.79 Å². The third kappa shape index (κ3) is 5.30. The van der Waals surface area contributed by atoms with Gasteiger partial charge in [-0.3, -0.25) is 9.69 Å². The van der Waals surface area contributed by atoms with Gasteiger partial charge in [0.2, 0.25) is 18.6 Å². The maximum Gasteiger partial charge on any atom is 0.231 e. The summed E-state index contributed by atoms with van der Waals surface area (Å²) in [4.78, 5) is 27.9. The second-order valence-corrected chi connectivity index (χ2v) is 8.91. The molecule has 3 aliphatic heterocycles. The van der Waals surface area contributed by atoms with Gasteiger partial charge < -0.3 is 24.6 Å². The van der Waals surface area contributed by atoms with Crippen molar-refractivity contribution in [2.45, 2.75) is 32.7 Å². The fraction of sp³-hybridized carbons (Fsp3) is 0.542. The van der Waals surface area contributed by atoms with Gasteiger partial charge in [-0.15, -0.1) is 0 Å². The molecule has 0 spiro atoms. The summed E-state index contributed by atoms with van der Waals surface area (Å²) in [5.41, 5.74) is 2.20. The van der Waals surface area contributed by atoms with Crippen LogP contribution in [0.2, 0.25) is 0 Å². The van der Waals surface area contributed by atoms with E-state index in [1.807, 2.05) is 24.0 Å². The van der Waals surface area contributed by atoms with Crippen molar-refractivity contribution >= 4 is 17.7 Å². The molecule has 1 N–H and O–H groups in total. The number of fused-ring (bicyclic) bond motifs is 1. The highest BCUT2D eigenvalue weighted by molar-refractivity contribution is 5.78. The lowest BCUT2D eigenvalue weighted by atomic mass is 10.1. The molecular formula is C24H32N6O3. The Morgan fingerprint density at radius 3 is 2.70 bits per heavy atom. The molecule has 0 aliphatic carbocycles. The van der Waals surface area contributed by atoms with Gasteiger partial charge in [-0.05, 0) is 37.5 Å². The van der Waals surface area contributed by atoms with Crippen LogP contribution in [0.5, 0.6) is 11.5 Å². The SMILES string of the molecule is Cc1cc(NCCCN2CCCC2=O)nc(N2CCN(Cc3ccc4c(c3)OCO4)CC2)n1. The molecule has 5 rings (SSSR count). The summed E-state index contributed by atoms with van der Waals surface area (Å²) < 4.78 is 10.9. The molecule has 1 aromatic heterocycles. The van der Waals surface area contributed by atoms with E-state index in [2.05, 4.69) is 32.2 Å². The third-order valence-corrected chi connectivity index (χ3v) is 6.42. The van der Waals surface area contributed by atoms with Crippen molar-refractivity contribution < 1.29 is 14.3 Å². The lowest BCUT2D eigenvalue weighted by molar-refractivity contribution is -0.127. The number of anilines is 2. The van der Waals surface area contributed by atoms with E-state index in [1.54, 1.807) is 0 Å². The van der Waals surface area contributed by atoms with Crippen molar-refractivity contribution in [1.82, 2.24) is 19.8 Å². The highest BCUT2D eigenvalue weighted by Gasteiger charge is 2.22. The average molecular weight is 453 g/mol. The Hall–Kier alpha value is -3.07. The fourth-order valence-corrected chi connectivity index (χ4v) is 4.62. The van der Waals surface area contributed by atoms with Crippen LogP contribution in [0.15, 0.2) is 24.3 Å². The van der Waals surface area contributed by atoms with Gasteiger partial charge in [-0.25, -0.2) is 4.98 Å². The first-order valence-corrected chi connectivity index (χ1v) is 11.9. The molecular weight excluding hydrogens is 420 g/mol. The van der Waals surface area contributed by atoms with Crippen LogP contribution >= 0.6 is 0 Å². The van der Waals surface area contributed by atoms with Gasteiger partial charge in [0.1, 0.15) is 5.82 Å². The van der Waals surface area contributed by atoms with Crippen molar-refractivity contribution in [2.75, 3.05) is 62.8 Å². The number of aryl methyl sites for hydroxylation is 1. The largest absolute Gasteiger partial charge is 0.454 e. The topological polar surface area (TPSA) is 83.1 Å². The van der Waals surface area contributed by atoms with Crippen LogP contribution < -0.4 is 19.7 Å². The molecule has 0 unspecified atom stereocenters. The van der Waals surface area contributed by atoms with Crippen molar-refractivity contribution in [2.24, 2.45) is 0 Å². The van der Waals surface area contributed by atoms with Crippen molar-refractivity contribution in [3.8, 4) is 11.5 Å². The molecule has 0 bridgehead atoms. The Morgan fingerprint density at radius 1 is 1.03 bits per heavy atom. The summed E-state index contributed by atoms with van der Waals surface area (Å²) in [7, 11) is 0. The number of amides is 1. The van der Waals surface area contributed by atoms with Gasteiger partial charge in [-0.1, -0.05) is 6.07 Å². The highest BCUT2D eigenvalue weighted by atomic mass is 16.7. The van der Waals surface area contributed by atoms with E-state index in [0.29, 0.717) is 13.2 Å². The molecule has 2 fully saturated rings. The van der Waals surface area contributed by atoms with E-state index >= 15 is 0 Å². The first kappa shape index (κ1) is 21.8. The molecule has 2 aromatic rings. The van der Waals surface area contributed by atoms with Gasteiger partial charge in [-0.2, -0.15) is 4.98 Å². The third-order valence-electron chi connectivity index (χ3n) is 6.42. The number of nitrogens with one attached hydrogen (secondary N) is 1. The molecule has 33 heavy (non-hydrogen) atoms. The molecule has 0 saturated carbocycles. The average Bonchev–Trinajstić information content (AvgIpc) is 3.45. The van der Waals surface area contributed by atoms with E-state index in [-0.39, 0.29) is 5.91 Å². The molecule has 3 aliphatic rings. The molecule has 1 aromatic carbocycles. The van der Waals surface area contributed by atoms with Crippen LogP contribution in [0.1, 0.15) is 30.5 Å². The summed E-state index contributed by atoms with van der Waals surface area (Å²) in [6.45, 7) is 9.42. The lowest BCUT2D eigenvalue weighted by Crippen LogP contribution is -2.46. The molecule has 2 saturated heterocycles. The number of likely N-dealkylation sites (tertiary alicyclic amines) is 1. The summed E-state index contributed by atoms with van der Waals surface area (Å²) >= 11 is 0. The Bertz CT molecular complexity index is 992. The second-order valence-electron chi connectivity index (χ2n) is 8.91. The molecule has 9 heteroatoms. The van der Waals surface area contributed by atoms with Crippen molar-refractivity contribution in [3.63, 3.8) is 0 Å². The summed E-state index contributed by atoms with van der Waals surface area (Å²) in [5.74, 6) is 3.59. The van der Waals surface area contributed by atoms with Crippen LogP contribution in [-0.4, -0.2) is 78.3 Å². The minimum Gasteiger partial charge on any atom is -0.454 e. The van der Waals surface area contributed by atoms with Gasteiger partial charge in [0.25, 0.3) is 0 Å². The number of nitrogens with zero attached hydrogens (tertiary/aromatic N) is 5. The zero-order valence-electron chi connectivity index (χ0n) is 19.3. The first-order valence-electron chi connectivity index (χ1n) is 11.9. The van der Waals surface area contributed by atoms with E-state index in [0.717, 1.165) is 94.2 Å². The molecule has 176 valence electrons. The Kier molecular flexibility index (Phi) is 6.48. The minimum atomic E-state index is 0.285. The smallest absolute Gasteiger partial charge is 0.231 e. The van der Waals surface area contributed by atoms with E-state index < -0.39 is 0 Å². The maximum atomic E-state index is 11.7. The van der Waals surface area contributed by atoms with E-state index in [1.165, 1.54) is 5.56 Å². The lowest BCUT2D eigenvalue weighted by Gasteiger charge is -2.35. The standard InChI is InChI=1S/C24H32N6O3/c1-18-14-22(25-7-3-9-29-8-2-4-23(29)31)27-24(26-18)30-12-10-28(11-13-30)16-19-5-6-20-21(15-19)33-17-32-20/h5-6,14-15H,2-4,7-13,16-17H2,1H3,(H,25,26,27). The number of hydrogen-bond donors (Lipinski definition) is 1. The summed E-state index contributed by atoms with van der Waals surface area (Å²) in [6.07, 6.45) is 2.61. The van der Waals surface area contributed by atoms with Crippen LogP contribution in [-0.2, 0) is 11.3 Å². The number of ether oxygens (including phenoxy) is 2. The molecule has 1 amide bonds. The molecule has 0 atom stereocenters. The Balaban J connectivity index is 1.11. The second kappa shape index (κ2) is 9.82. The summed E-state index contributed by atoms with van der Waals surface area (Å²) in [6, 6.07) is 8.17. The monoisotopic (exact) mass is 452 g/mol. The van der Waals surface area contributed by atoms with Crippen LogP contribution in [0.3, 0.4) is 0 Å². The number of piperazine rings is 1. The number of carbonyl (C=O) groups is 1. The number of rotatable bonds is 8. The molecule has 4 heterocycles. The molecule has 9 nitrogen and oxygen atoms in total. The highest BCUT2D eigenvalue weighted by Crippen LogP contribution is 2.33. The number of carbonyl (C=O) groups excluding carboxylic acids is 1. The zero-order valence-corrected chi connectivity index (χ0v) is 19.3. The van der Waals surface area contributed by atoms with E-state index in [4.69, 9.17) is 14.5 Å². The predicted molar refractivity (Wildman–Crippen MR) is 126 cm³/mol. The Morgan fingerprint density at radius 2 is 1.88 bits per heavy atom. The fourth-order valence-electron chi connectivity index (χ4n) is 4.62. The van der Waals surface area contributed by atoms with Crippen LogP contribution in [0.25, 0.3) is 0 Å². The number of aromatic nitrogens is 2. The van der Waals surface area contributed by atoms with Crippen molar-refractivity contribution in [1.29, 1.82) is 0 Å². The van der Waals surface area contributed by atoms with Crippen LogP contribution in [0, 0.1) is 6.92 Å². The van der Waals surface area contributed by atoms with Crippen molar-refractivity contribution in [3.05, 3.63) is 35.5 Å². The van der Waals surface area contributed by atoms with Gasteiger partial charge >= 0.3 is 0 Å². The maximum absolute atomic E-state index is 11.7. The summed E-state index contributed by atoms with van der Waals surface area (Å²) in [5, 5.41) is 3.42. The van der Waals surface area contributed by atoms with Gasteiger partial charge in [0, 0.05) is 70.5 Å². The molecule has 0 radical (unpaired) electrons. The quantitative estimate of drug-likeness (QED) is 0.611. The first-order chi connectivity index (χ1) is 16.1. The number of benzene rings is 1. The minimum absolute atomic E-state index is 0.285. The van der Waals surface area contributed by atoms with Crippen LogP contribution in [0.4, 0.5) is 11.8 Å². The Labute approximate surface area is 194 Å². The van der Waals surface area contributed by atoms with Gasteiger partial charge in [0.15, 0.2) is 11.5 Å². The number of hydrogen-bond acceptors (Lipinski definition) is 8.